The Labute approximate surface area is 141 Å². The Kier molecular flexibility index (Phi) is 6.25. The number of carbonyl (C=O) groups excluding carboxylic acids is 1. The van der Waals surface area contributed by atoms with Crippen LogP contribution in [-0.2, 0) is 6.54 Å². The van der Waals surface area contributed by atoms with Crippen molar-refractivity contribution in [1.29, 1.82) is 0 Å². The van der Waals surface area contributed by atoms with Crippen LogP contribution in [0.5, 0.6) is 17.2 Å². The van der Waals surface area contributed by atoms with Gasteiger partial charge in [-0.1, -0.05) is 24.8 Å². The maximum Gasteiger partial charge on any atom is 0.255 e. The second-order valence-corrected chi connectivity index (χ2v) is 4.99. The minimum Gasteiger partial charge on any atom is -0.497 e. The van der Waals surface area contributed by atoms with Crippen LogP contribution in [-0.4, -0.2) is 26.7 Å². The monoisotopic (exact) mass is 327 g/mol. The molecule has 5 nitrogen and oxygen atoms in total. The number of hydrogen-bond acceptors (Lipinski definition) is 4. The number of hydrogen-bond donors (Lipinski definition) is 1. The van der Waals surface area contributed by atoms with Gasteiger partial charge in [-0.15, -0.1) is 0 Å². The minimum atomic E-state index is -0.207. The SMILES string of the molecule is C=CCOc1ccc(CNC(=O)c2ccc(OC)cc2OC)cc1. The van der Waals surface area contributed by atoms with E-state index in [-0.39, 0.29) is 5.91 Å². The molecule has 126 valence electrons. The lowest BCUT2D eigenvalue weighted by atomic mass is 10.1. The summed E-state index contributed by atoms with van der Waals surface area (Å²) in [7, 11) is 3.09. The molecule has 2 aromatic rings. The molecule has 2 rings (SSSR count). The first-order chi connectivity index (χ1) is 11.7. The van der Waals surface area contributed by atoms with E-state index in [0.717, 1.165) is 11.3 Å². The summed E-state index contributed by atoms with van der Waals surface area (Å²) in [4.78, 5) is 12.3. The second-order valence-electron chi connectivity index (χ2n) is 4.99. The van der Waals surface area contributed by atoms with Crippen LogP contribution in [0.15, 0.2) is 55.1 Å². The van der Waals surface area contributed by atoms with Gasteiger partial charge in [-0.25, -0.2) is 0 Å². The van der Waals surface area contributed by atoms with Crippen molar-refractivity contribution >= 4 is 5.91 Å². The molecule has 1 amide bonds. The molecule has 0 aliphatic heterocycles. The van der Waals surface area contributed by atoms with Crippen LogP contribution in [0.2, 0.25) is 0 Å². The van der Waals surface area contributed by atoms with E-state index < -0.39 is 0 Å². The molecule has 0 saturated heterocycles. The van der Waals surface area contributed by atoms with Gasteiger partial charge in [0.15, 0.2) is 0 Å². The third-order valence-corrected chi connectivity index (χ3v) is 3.40. The number of carbonyl (C=O) groups is 1. The van der Waals surface area contributed by atoms with E-state index >= 15 is 0 Å². The van der Waals surface area contributed by atoms with Gasteiger partial charge < -0.3 is 19.5 Å². The molecular weight excluding hydrogens is 306 g/mol. The highest BCUT2D eigenvalue weighted by Crippen LogP contribution is 2.24. The van der Waals surface area contributed by atoms with Crippen molar-refractivity contribution in [3.63, 3.8) is 0 Å². The van der Waals surface area contributed by atoms with E-state index in [1.165, 1.54) is 7.11 Å². The Morgan fingerprint density at radius 2 is 1.79 bits per heavy atom. The molecule has 2 aromatic carbocycles. The molecule has 0 radical (unpaired) electrons. The lowest BCUT2D eigenvalue weighted by Gasteiger charge is -2.11. The molecule has 0 fully saturated rings. The number of methoxy groups -OCH3 is 2. The lowest BCUT2D eigenvalue weighted by Crippen LogP contribution is -2.23. The zero-order valence-electron chi connectivity index (χ0n) is 13.9. The van der Waals surface area contributed by atoms with Gasteiger partial charge in [0, 0.05) is 12.6 Å². The number of benzene rings is 2. The summed E-state index contributed by atoms with van der Waals surface area (Å²) in [5.74, 6) is 1.67. The topological polar surface area (TPSA) is 56.8 Å². The van der Waals surface area contributed by atoms with Crippen molar-refractivity contribution in [3.8, 4) is 17.2 Å². The molecule has 0 bridgehead atoms. The molecule has 0 aromatic heterocycles. The van der Waals surface area contributed by atoms with Crippen LogP contribution in [0.25, 0.3) is 0 Å². The van der Waals surface area contributed by atoms with Crippen molar-refractivity contribution in [2.24, 2.45) is 0 Å². The van der Waals surface area contributed by atoms with Crippen LogP contribution in [0.3, 0.4) is 0 Å². The molecule has 0 unspecified atom stereocenters. The summed E-state index contributed by atoms with van der Waals surface area (Å²) in [5.41, 5.74) is 1.44. The number of ether oxygens (including phenoxy) is 3. The van der Waals surface area contributed by atoms with Gasteiger partial charge in [0.1, 0.15) is 23.9 Å². The summed E-state index contributed by atoms with van der Waals surface area (Å²) in [6.07, 6.45) is 1.69. The van der Waals surface area contributed by atoms with Crippen molar-refractivity contribution < 1.29 is 19.0 Å². The average molecular weight is 327 g/mol. The van der Waals surface area contributed by atoms with Gasteiger partial charge in [-0.3, -0.25) is 4.79 Å². The average Bonchev–Trinajstić information content (AvgIpc) is 2.64. The largest absolute Gasteiger partial charge is 0.497 e. The van der Waals surface area contributed by atoms with Crippen molar-refractivity contribution in [3.05, 3.63) is 66.2 Å². The van der Waals surface area contributed by atoms with Crippen LogP contribution in [0.1, 0.15) is 15.9 Å². The third-order valence-electron chi connectivity index (χ3n) is 3.40. The Bertz CT molecular complexity index is 695. The summed E-state index contributed by atoms with van der Waals surface area (Å²) >= 11 is 0. The fraction of sp³-hybridized carbons (Fsp3) is 0.211. The van der Waals surface area contributed by atoms with Crippen LogP contribution in [0, 0.1) is 0 Å². The predicted octanol–water partition coefficient (Wildman–Crippen LogP) is 3.20. The summed E-state index contributed by atoms with van der Waals surface area (Å²) in [6.45, 7) is 4.48. The van der Waals surface area contributed by atoms with E-state index in [1.54, 1.807) is 31.4 Å². The van der Waals surface area contributed by atoms with Gasteiger partial charge >= 0.3 is 0 Å². The molecule has 0 spiro atoms. The molecule has 0 atom stereocenters. The fourth-order valence-corrected chi connectivity index (χ4v) is 2.12. The molecule has 0 saturated carbocycles. The first kappa shape index (κ1) is 17.4. The van der Waals surface area contributed by atoms with E-state index in [1.807, 2.05) is 24.3 Å². The van der Waals surface area contributed by atoms with E-state index in [4.69, 9.17) is 14.2 Å². The third kappa shape index (κ3) is 4.52. The van der Waals surface area contributed by atoms with Gasteiger partial charge in [0.25, 0.3) is 5.91 Å². The quantitative estimate of drug-likeness (QED) is 0.757. The van der Waals surface area contributed by atoms with Gasteiger partial charge in [-0.2, -0.15) is 0 Å². The molecule has 5 heteroatoms. The summed E-state index contributed by atoms with van der Waals surface area (Å²) in [6, 6.07) is 12.6. The van der Waals surface area contributed by atoms with E-state index in [9.17, 15) is 4.79 Å². The number of rotatable bonds is 8. The maximum absolute atomic E-state index is 12.3. The minimum absolute atomic E-state index is 0.207. The predicted molar refractivity (Wildman–Crippen MR) is 92.9 cm³/mol. The van der Waals surface area contributed by atoms with Crippen LogP contribution < -0.4 is 19.5 Å². The lowest BCUT2D eigenvalue weighted by molar-refractivity contribution is 0.0948. The standard InChI is InChI=1S/C19H21NO4/c1-4-11-24-15-7-5-14(6-8-15)13-20-19(21)17-10-9-16(22-2)12-18(17)23-3/h4-10,12H,1,11,13H2,2-3H3,(H,20,21). The first-order valence-corrected chi connectivity index (χ1v) is 7.50. The molecule has 1 N–H and O–H groups in total. The van der Waals surface area contributed by atoms with Gasteiger partial charge in [-0.05, 0) is 29.8 Å². The Hall–Kier alpha value is -2.95. The summed E-state index contributed by atoms with van der Waals surface area (Å²) < 4.78 is 15.8. The Morgan fingerprint density at radius 3 is 2.42 bits per heavy atom. The van der Waals surface area contributed by atoms with E-state index in [2.05, 4.69) is 11.9 Å². The van der Waals surface area contributed by atoms with Crippen LogP contribution >= 0.6 is 0 Å². The van der Waals surface area contributed by atoms with Crippen molar-refractivity contribution in [1.82, 2.24) is 5.32 Å². The van der Waals surface area contributed by atoms with Crippen molar-refractivity contribution in [2.75, 3.05) is 20.8 Å². The maximum atomic E-state index is 12.3. The Morgan fingerprint density at radius 1 is 1.08 bits per heavy atom. The Balaban J connectivity index is 1.99. The number of amides is 1. The smallest absolute Gasteiger partial charge is 0.255 e. The van der Waals surface area contributed by atoms with E-state index in [0.29, 0.717) is 30.2 Å². The normalized spacial score (nSPS) is 9.92. The van der Waals surface area contributed by atoms with Crippen molar-refractivity contribution in [2.45, 2.75) is 6.54 Å². The summed E-state index contributed by atoms with van der Waals surface area (Å²) in [5, 5.41) is 2.87. The fourth-order valence-electron chi connectivity index (χ4n) is 2.12. The molecule has 24 heavy (non-hydrogen) atoms. The van der Waals surface area contributed by atoms with Gasteiger partial charge in [0.05, 0.1) is 19.8 Å². The highest BCUT2D eigenvalue weighted by Gasteiger charge is 2.13. The molecule has 0 aliphatic carbocycles. The van der Waals surface area contributed by atoms with Gasteiger partial charge in [0.2, 0.25) is 0 Å². The molecular formula is C19H21NO4. The molecule has 0 aliphatic rings. The first-order valence-electron chi connectivity index (χ1n) is 7.50. The molecule has 0 heterocycles. The highest BCUT2D eigenvalue weighted by molar-refractivity contribution is 5.97. The van der Waals surface area contributed by atoms with Crippen LogP contribution in [0.4, 0.5) is 0 Å². The zero-order valence-corrected chi connectivity index (χ0v) is 13.9. The number of nitrogens with one attached hydrogen (secondary N) is 1. The zero-order chi connectivity index (χ0) is 17.4. The second kappa shape index (κ2) is 8.62. The highest BCUT2D eigenvalue weighted by atomic mass is 16.5.